The number of aromatic nitrogens is 4. The lowest BCUT2D eigenvalue weighted by Crippen LogP contribution is -2.27. The summed E-state index contributed by atoms with van der Waals surface area (Å²) in [5.74, 6) is 1.53. The molecule has 0 atom stereocenters. The van der Waals surface area contributed by atoms with Gasteiger partial charge < -0.3 is 15.6 Å². The quantitative estimate of drug-likeness (QED) is 0.559. The minimum Gasteiger partial charge on any atom is -0.345 e. The third-order valence-corrected chi connectivity index (χ3v) is 5.20. The maximum Gasteiger partial charge on any atom is 0.277 e. The van der Waals surface area contributed by atoms with E-state index < -0.39 is 0 Å². The van der Waals surface area contributed by atoms with E-state index in [1.165, 1.54) is 11.1 Å². The van der Waals surface area contributed by atoms with E-state index >= 15 is 0 Å². The summed E-state index contributed by atoms with van der Waals surface area (Å²) in [5, 5.41) is 13.5. The van der Waals surface area contributed by atoms with Crippen molar-refractivity contribution in [3.8, 4) is 11.3 Å². The van der Waals surface area contributed by atoms with Crippen molar-refractivity contribution < 1.29 is 4.79 Å². The van der Waals surface area contributed by atoms with Crippen molar-refractivity contribution in [1.29, 1.82) is 0 Å². The second-order valence-corrected chi connectivity index (χ2v) is 7.62. The van der Waals surface area contributed by atoms with Gasteiger partial charge in [0.05, 0.1) is 5.69 Å². The van der Waals surface area contributed by atoms with E-state index in [4.69, 9.17) is 0 Å². The number of nitrogens with zero attached hydrogens (tertiary/aromatic N) is 2. The van der Waals surface area contributed by atoms with E-state index in [9.17, 15) is 4.79 Å². The van der Waals surface area contributed by atoms with Crippen molar-refractivity contribution in [1.82, 2.24) is 25.5 Å². The minimum atomic E-state index is -0.243. The van der Waals surface area contributed by atoms with Crippen molar-refractivity contribution in [2.45, 2.75) is 39.5 Å². The molecule has 0 bridgehead atoms. The highest BCUT2D eigenvalue weighted by atomic mass is 16.2. The molecule has 1 aliphatic rings. The molecule has 0 saturated carbocycles. The van der Waals surface area contributed by atoms with Crippen LogP contribution in [-0.2, 0) is 0 Å². The summed E-state index contributed by atoms with van der Waals surface area (Å²) in [4.78, 5) is 20.6. The van der Waals surface area contributed by atoms with Crippen LogP contribution in [0.4, 0.5) is 5.82 Å². The third-order valence-electron chi connectivity index (χ3n) is 5.20. The minimum absolute atomic E-state index is 0.243. The van der Waals surface area contributed by atoms with Crippen LogP contribution in [0, 0.1) is 20.8 Å². The van der Waals surface area contributed by atoms with Gasteiger partial charge in [0.1, 0.15) is 11.5 Å². The van der Waals surface area contributed by atoms with E-state index in [1.54, 1.807) is 0 Å². The second-order valence-electron chi connectivity index (χ2n) is 7.62. The summed E-state index contributed by atoms with van der Waals surface area (Å²) in [6.07, 6.45) is 2.07. The van der Waals surface area contributed by atoms with Gasteiger partial charge in [-0.25, -0.2) is 4.98 Å². The number of piperidine rings is 1. The number of anilines is 1. The van der Waals surface area contributed by atoms with Crippen LogP contribution >= 0.6 is 0 Å². The number of nitrogens with one attached hydrogen (secondary N) is 4. The van der Waals surface area contributed by atoms with Crippen molar-refractivity contribution in [3.63, 3.8) is 0 Å². The van der Waals surface area contributed by atoms with Gasteiger partial charge in [0.25, 0.3) is 5.91 Å². The van der Waals surface area contributed by atoms with Crippen LogP contribution < -0.4 is 10.6 Å². The molecule has 146 valence electrons. The van der Waals surface area contributed by atoms with E-state index in [-0.39, 0.29) is 5.91 Å². The maximum atomic E-state index is 12.7. The predicted molar refractivity (Wildman–Crippen MR) is 110 cm³/mol. The number of hydrogen-bond donors (Lipinski definition) is 4. The molecule has 0 aliphatic carbocycles. The molecule has 1 aliphatic heterocycles. The number of aryl methyl sites for hydroxylation is 3. The van der Waals surface area contributed by atoms with Crippen LogP contribution in [0.15, 0.2) is 24.3 Å². The summed E-state index contributed by atoms with van der Waals surface area (Å²) in [7, 11) is 0. The van der Waals surface area contributed by atoms with Crippen LogP contribution in [0.2, 0.25) is 0 Å². The molecule has 4 rings (SSSR count). The topological polar surface area (TPSA) is 98.5 Å². The Bertz CT molecular complexity index is 976. The fourth-order valence-corrected chi connectivity index (χ4v) is 3.83. The average molecular weight is 378 g/mol. The molecule has 0 spiro atoms. The standard InChI is InChI=1S/C21H26N6O/c1-12-8-13(2)10-16(9-12)17-11-18(27-26-17)24-21(28)19-14(3)23-20(25-19)15-4-6-22-7-5-15/h8-11,15,22H,4-7H2,1-3H3,(H,23,25)(H2,24,26,27,28). The van der Waals surface area contributed by atoms with Crippen molar-refractivity contribution in [2.75, 3.05) is 18.4 Å². The average Bonchev–Trinajstić information content (AvgIpc) is 3.28. The van der Waals surface area contributed by atoms with Crippen LogP contribution in [-0.4, -0.2) is 39.2 Å². The third kappa shape index (κ3) is 3.84. The molecule has 1 aromatic carbocycles. The Balaban J connectivity index is 1.50. The van der Waals surface area contributed by atoms with Crippen LogP contribution in [0.3, 0.4) is 0 Å². The molecule has 3 aromatic rings. The van der Waals surface area contributed by atoms with Crippen LogP contribution in [0.5, 0.6) is 0 Å². The Morgan fingerprint density at radius 1 is 1.07 bits per heavy atom. The Hall–Kier alpha value is -2.93. The lowest BCUT2D eigenvalue weighted by Gasteiger charge is -2.20. The molecule has 7 heteroatoms. The molecule has 1 amide bonds. The van der Waals surface area contributed by atoms with Gasteiger partial charge in [-0.05, 0) is 58.8 Å². The number of imidazole rings is 1. The molecule has 0 unspecified atom stereocenters. The molecule has 1 saturated heterocycles. The van der Waals surface area contributed by atoms with Crippen molar-refractivity contribution in [2.24, 2.45) is 0 Å². The number of carbonyl (C=O) groups excluding carboxylic acids is 1. The monoisotopic (exact) mass is 378 g/mol. The SMILES string of the molecule is Cc1cc(C)cc(-c2cc(NC(=O)c3nc(C4CCNCC4)[nH]c3C)n[nH]2)c1. The number of rotatable bonds is 4. The Labute approximate surface area is 164 Å². The maximum absolute atomic E-state index is 12.7. The number of H-pyrrole nitrogens is 2. The molecule has 0 radical (unpaired) electrons. The summed E-state index contributed by atoms with van der Waals surface area (Å²) in [5.41, 5.74) is 5.52. The zero-order valence-corrected chi connectivity index (χ0v) is 16.5. The fraction of sp³-hybridized carbons (Fsp3) is 0.381. The molecule has 2 aromatic heterocycles. The van der Waals surface area contributed by atoms with Crippen LogP contribution in [0.25, 0.3) is 11.3 Å². The summed E-state index contributed by atoms with van der Waals surface area (Å²) in [6, 6.07) is 8.16. The predicted octanol–water partition coefficient (Wildman–Crippen LogP) is 3.44. The lowest BCUT2D eigenvalue weighted by molar-refractivity contribution is 0.102. The smallest absolute Gasteiger partial charge is 0.277 e. The molecule has 7 nitrogen and oxygen atoms in total. The Morgan fingerprint density at radius 3 is 2.50 bits per heavy atom. The zero-order chi connectivity index (χ0) is 19.7. The largest absolute Gasteiger partial charge is 0.345 e. The number of aromatic amines is 2. The van der Waals surface area contributed by atoms with Gasteiger partial charge in [0.2, 0.25) is 0 Å². The number of benzene rings is 1. The number of amides is 1. The second kappa shape index (κ2) is 7.59. The highest BCUT2D eigenvalue weighted by Gasteiger charge is 2.22. The zero-order valence-electron chi connectivity index (χ0n) is 16.5. The van der Waals surface area contributed by atoms with E-state index in [0.29, 0.717) is 17.4 Å². The molecule has 1 fully saturated rings. The molecular formula is C21H26N6O. The highest BCUT2D eigenvalue weighted by molar-refractivity contribution is 6.03. The molecule has 3 heterocycles. The van der Waals surface area contributed by atoms with Gasteiger partial charge in [0.15, 0.2) is 5.82 Å². The number of hydrogen-bond acceptors (Lipinski definition) is 4. The van der Waals surface area contributed by atoms with E-state index in [2.05, 4.69) is 62.8 Å². The lowest BCUT2D eigenvalue weighted by atomic mass is 9.98. The van der Waals surface area contributed by atoms with Crippen LogP contribution in [0.1, 0.15) is 51.9 Å². The normalized spacial score (nSPS) is 15.0. The first kappa shape index (κ1) is 18.4. The first-order valence-corrected chi connectivity index (χ1v) is 9.72. The molecular weight excluding hydrogens is 352 g/mol. The van der Waals surface area contributed by atoms with Gasteiger partial charge in [0, 0.05) is 23.2 Å². The van der Waals surface area contributed by atoms with Gasteiger partial charge in [-0.1, -0.05) is 17.2 Å². The summed E-state index contributed by atoms with van der Waals surface area (Å²) < 4.78 is 0. The highest BCUT2D eigenvalue weighted by Crippen LogP contribution is 2.25. The van der Waals surface area contributed by atoms with Gasteiger partial charge in [-0.3, -0.25) is 9.89 Å². The van der Waals surface area contributed by atoms with Gasteiger partial charge >= 0.3 is 0 Å². The van der Waals surface area contributed by atoms with Gasteiger partial charge in [-0.2, -0.15) is 5.10 Å². The van der Waals surface area contributed by atoms with Gasteiger partial charge in [-0.15, -0.1) is 0 Å². The first-order valence-electron chi connectivity index (χ1n) is 9.72. The summed E-state index contributed by atoms with van der Waals surface area (Å²) in [6.45, 7) is 7.99. The first-order chi connectivity index (χ1) is 13.5. The number of carbonyl (C=O) groups is 1. The molecule has 28 heavy (non-hydrogen) atoms. The Kier molecular flexibility index (Phi) is 5.00. The fourth-order valence-electron chi connectivity index (χ4n) is 3.83. The van der Waals surface area contributed by atoms with Crippen molar-refractivity contribution in [3.05, 3.63) is 52.6 Å². The van der Waals surface area contributed by atoms with E-state index in [1.807, 2.05) is 13.0 Å². The molecule has 4 N–H and O–H groups in total. The Morgan fingerprint density at radius 2 is 1.79 bits per heavy atom. The summed E-state index contributed by atoms with van der Waals surface area (Å²) >= 11 is 0. The van der Waals surface area contributed by atoms with E-state index in [0.717, 1.165) is 48.7 Å². The van der Waals surface area contributed by atoms with Crippen molar-refractivity contribution >= 4 is 11.7 Å².